The van der Waals surface area contributed by atoms with Crippen molar-refractivity contribution in [3.63, 3.8) is 0 Å². The summed E-state index contributed by atoms with van der Waals surface area (Å²) in [5.41, 5.74) is 2.03. The predicted molar refractivity (Wildman–Crippen MR) is 45.9 cm³/mol. The van der Waals surface area contributed by atoms with Gasteiger partial charge >= 0.3 is 0 Å². The maximum absolute atomic E-state index is 5.90. The molecule has 0 aliphatic carbocycles. The minimum absolute atomic E-state index is 0.732. The van der Waals surface area contributed by atoms with Gasteiger partial charge in [0.15, 0.2) is 0 Å². The van der Waals surface area contributed by atoms with E-state index in [9.17, 15) is 0 Å². The molecule has 0 aliphatic heterocycles. The van der Waals surface area contributed by atoms with E-state index in [0.29, 0.717) is 0 Å². The van der Waals surface area contributed by atoms with Crippen LogP contribution in [0.4, 0.5) is 0 Å². The molecule has 0 saturated heterocycles. The van der Waals surface area contributed by atoms with Crippen LogP contribution in [0.2, 0.25) is 10.0 Å². The van der Waals surface area contributed by atoms with Crippen LogP contribution in [0.3, 0.4) is 0 Å². The maximum Gasteiger partial charge on any atom is 0.0479 e. The van der Waals surface area contributed by atoms with Gasteiger partial charge in [-0.15, -0.1) is 0 Å². The van der Waals surface area contributed by atoms with Crippen LogP contribution in [0.1, 0.15) is 11.1 Å². The average Bonchev–Trinajstić information content (AvgIpc) is 1.93. The Morgan fingerprint density at radius 3 is 2.20 bits per heavy atom. The van der Waals surface area contributed by atoms with Crippen molar-refractivity contribution in [3.05, 3.63) is 33.3 Å². The summed E-state index contributed by atoms with van der Waals surface area (Å²) in [5.74, 6) is 0. The summed E-state index contributed by atoms with van der Waals surface area (Å²) in [4.78, 5) is 0. The molecule has 0 heterocycles. The normalized spacial score (nSPS) is 10.0. The maximum atomic E-state index is 5.90. The number of hydrogen-bond acceptors (Lipinski definition) is 0. The van der Waals surface area contributed by atoms with Crippen LogP contribution < -0.4 is 0 Å². The van der Waals surface area contributed by atoms with Gasteiger partial charge in [-0.1, -0.05) is 29.3 Å². The number of benzene rings is 1. The molecule has 54 valence electrons. The molecule has 0 N–H and O–H groups in total. The first kappa shape index (κ1) is 7.90. The van der Waals surface area contributed by atoms with Crippen LogP contribution in [0.15, 0.2) is 12.1 Å². The molecule has 0 radical (unpaired) electrons. The van der Waals surface area contributed by atoms with Gasteiger partial charge < -0.3 is 0 Å². The molecule has 10 heavy (non-hydrogen) atoms. The topological polar surface area (TPSA) is 0 Å². The zero-order valence-corrected chi connectivity index (χ0v) is 7.42. The predicted octanol–water partition coefficient (Wildman–Crippen LogP) is 3.61. The summed E-state index contributed by atoms with van der Waals surface area (Å²) < 4.78 is 0. The molecule has 0 amide bonds. The minimum atomic E-state index is 0.732. The molecule has 1 aromatic carbocycles. The van der Waals surface area contributed by atoms with E-state index in [4.69, 9.17) is 23.2 Å². The second-order valence-corrected chi connectivity index (χ2v) is 3.09. The quantitative estimate of drug-likeness (QED) is 0.564. The van der Waals surface area contributed by atoms with Gasteiger partial charge in [-0.25, -0.2) is 0 Å². The van der Waals surface area contributed by atoms with Gasteiger partial charge in [-0.2, -0.15) is 0 Å². The molecular weight excluding hydrogens is 167 g/mol. The van der Waals surface area contributed by atoms with Crippen LogP contribution in [-0.2, 0) is 0 Å². The number of rotatable bonds is 0. The summed E-state index contributed by atoms with van der Waals surface area (Å²) >= 11 is 11.7. The Balaban J connectivity index is 3.34. The molecule has 0 spiro atoms. The molecule has 1 aromatic rings. The molecule has 2 heteroatoms. The van der Waals surface area contributed by atoms with Crippen LogP contribution in [0, 0.1) is 13.8 Å². The third-order valence-electron chi connectivity index (χ3n) is 1.51. The molecule has 0 bridgehead atoms. The molecule has 0 atom stereocenters. The first-order valence-electron chi connectivity index (χ1n) is 3.04. The van der Waals surface area contributed by atoms with E-state index in [2.05, 4.69) is 0 Å². The Morgan fingerprint density at radius 1 is 1.10 bits per heavy atom. The second-order valence-electron chi connectivity index (χ2n) is 2.30. The third kappa shape index (κ3) is 1.28. The van der Waals surface area contributed by atoms with Crippen molar-refractivity contribution in [3.8, 4) is 0 Å². The van der Waals surface area contributed by atoms with Crippen LogP contribution >= 0.6 is 23.2 Å². The van der Waals surface area contributed by atoms with Crippen LogP contribution in [0.25, 0.3) is 0 Å². The first-order chi connectivity index (χ1) is 4.63. The Labute approximate surface area is 70.8 Å². The smallest absolute Gasteiger partial charge is 0.0479 e. The zero-order valence-electron chi connectivity index (χ0n) is 5.91. The monoisotopic (exact) mass is 174 g/mol. The van der Waals surface area contributed by atoms with Crippen molar-refractivity contribution in [1.82, 2.24) is 0 Å². The second kappa shape index (κ2) is 2.81. The highest BCUT2D eigenvalue weighted by Gasteiger charge is 2.01. The van der Waals surface area contributed by atoms with E-state index in [1.165, 1.54) is 0 Å². The Morgan fingerprint density at radius 2 is 1.70 bits per heavy atom. The first-order valence-corrected chi connectivity index (χ1v) is 3.79. The van der Waals surface area contributed by atoms with Crippen molar-refractivity contribution in [2.75, 3.05) is 0 Å². The number of hydrogen-bond donors (Lipinski definition) is 0. The van der Waals surface area contributed by atoms with E-state index in [1.54, 1.807) is 0 Å². The fourth-order valence-corrected chi connectivity index (χ4v) is 1.17. The summed E-state index contributed by atoms with van der Waals surface area (Å²) in [6.07, 6.45) is 0. The zero-order chi connectivity index (χ0) is 7.72. The van der Waals surface area contributed by atoms with Gasteiger partial charge in [-0.3, -0.25) is 0 Å². The third-order valence-corrected chi connectivity index (χ3v) is 2.50. The standard InChI is InChI=1S/C8H8Cl2/c1-5-3-4-7(9)6(2)8(5)10/h3-4H,1-2H3. The highest BCUT2D eigenvalue weighted by molar-refractivity contribution is 6.36. The molecule has 0 fully saturated rings. The van der Waals surface area contributed by atoms with Crippen LogP contribution in [-0.4, -0.2) is 0 Å². The summed E-state index contributed by atoms with van der Waals surface area (Å²) in [5, 5.41) is 1.50. The lowest BCUT2D eigenvalue weighted by Gasteiger charge is -2.02. The van der Waals surface area contributed by atoms with Crippen LogP contribution in [0.5, 0.6) is 0 Å². The summed E-state index contributed by atoms with van der Waals surface area (Å²) in [6.45, 7) is 3.88. The number of halogens is 2. The largest absolute Gasteiger partial charge is 0.0840 e. The minimum Gasteiger partial charge on any atom is -0.0840 e. The summed E-state index contributed by atoms with van der Waals surface area (Å²) in [6, 6.07) is 3.77. The molecule has 0 saturated carbocycles. The highest BCUT2D eigenvalue weighted by Crippen LogP contribution is 2.26. The fraction of sp³-hybridized carbons (Fsp3) is 0.250. The van der Waals surface area contributed by atoms with Gasteiger partial charge in [0.05, 0.1) is 0 Å². The lowest BCUT2D eigenvalue weighted by Crippen LogP contribution is -1.80. The van der Waals surface area contributed by atoms with Gasteiger partial charge in [0.2, 0.25) is 0 Å². The number of aryl methyl sites for hydroxylation is 1. The fourth-order valence-electron chi connectivity index (χ4n) is 0.797. The Hall–Kier alpha value is -0.200. The highest BCUT2D eigenvalue weighted by atomic mass is 35.5. The van der Waals surface area contributed by atoms with Gasteiger partial charge in [0.1, 0.15) is 0 Å². The summed E-state index contributed by atoms with van der Waals surface area (Å²) in [7, 11) is 0. The Bertz CT molecular complexity index is 227. The van der Waals surface area contributed by atoms with Gasteiger partial charge in [0, 0.05) is 10.0 Å². The molecule has 0 aliphatic rings. The van der Waals surface area contributed by atoms with Crippen molar-refractivity contribution >= 4 is 23.2 Å². The molecule has 0 nitrogen and oxygen atoms in total. The average molecular weight is 175 g/mol. The molecule has 0 unspecified atom stereocenters. The molecular formula is C8H8Cl2. The lowest BCUT2D eigenvalue weighted by molar-refractivity contribution is 1.38. The lowest BCUT2D eigenvalue weighted by atomic mass is 10.2. The van der Waals surface area contributed by atoms with E-state index in [-0.39, 0.29) is 0 Å². The SMILES string of the molecule is Cc1ccc(Cl)c(C)c1Cl. The van der Waals surface area contributed by atoms with Crippen molar-refractivity contribution < 1.29 is 0 Å². The Kier molecular flexibility index (Phi) is 2.22. The molecule has 0 aromatic heterocycles. The van der Waals surface area contributed by atoms with E-state index in [1.807, 2.05) is 26.0 Å². The van der Waals surface area contributed by atoms with Gasteiger partial charge in [0.25, 0.3) is 0 Å². The molecule has 1 rings (SSSR count). The van der Waals surface area contributed by atoms with Crippen molar-refractivity contribution in [2.45, 2.75) is 13.8 Å². The van der Waals surface area contributed by atoms with Crippen molar-refractivity contribution in [2.24, 2.45) is 0 Å². The van der Waals surface area contributed by atoms with Crippen molar-refractivity contribution in [1.29, 1.82) is 0 Å². The van der Waals surface area contributed by atoms with Gasteiger partial charge in [-0.05, 0) is 31.0 Å². The van der Waals surface area contributed by atoms with E-state index in [0.717, 1.165) is 21.2 Å². The van der Waals surface area contributed by atoms with E-state index >= 15 is 0 Å². The van der Waals surface area contributed by atoms with E-state index < -0.39 is 0 Å².